The average Bonchev–Trinajstić information content (AvgIpc) is 2.63. The van der Waals surface area contributed by atoms with Gasteiger partial charge >= 0.3 is 0 Å². The molecule has 132 valence electrons. The molecule has 7 heteroatoms. The summed E-state index contributed by atoms with van der Waals surface area (Å²) < 4.78 is 21.7. The molecule has 1 heterocycles. The molecule has 0 saturated carbocycles. The predicted octanol–water partition coefficient (Wildman–Crippen LogP) is 3.81. The van der Waals surface area contributed by atoms with Crippen LogP contribution in [-0.4, -0.2) is 33.3 Å². The maximum Gasteiger partial charge on any atom is 0.228 e. The highest BCUT2D eigenvalue weighted by molar-refractivity contribution is 6.35. The number of ether oxygens (including phenoxy) is 4. The normalized spacial score (nSPS) is 12.5. The minimum Gasteiger partial charge on any atom is -0.497 e. The molecule has 0 N–H and O–H groups in total. The SMILES string of the molecule is COc1cc(OC)c(Cl)c(N(C(C)=O)c2ccc3c(c2)OCCO3)c1. The molecule has 0 bridgehead atoms. The first kappa shape index (κ1) is 17.2. The summed E-state index contributed by atoms with van der Waals surface area (Å²) in [4.78, 5) is 13.9. The highest BCUT2D eigenvalue weighted by atomic mass is 35.5. The zero-order chi connectivity index (χ0) is 18.0. The van der Waals surface area contributed by atoms with E-state index in [1.54, 1.807) is 30.3 Å². The Bertz CT molecular complexity index is 808. The second kappa shape index (κ2) is 7.11. The molecule has 2 aromatic carbocycles. The van der Waals surface area contributed by atoms with Crippen LogP contribution in [0.4, 0.5) is 11.4 Å². The van der Waals surface area contributed by atoms with E-state index in [1.165, 1.54) is 26.0 Å². The number of carbonyl (C=O) groups excluding carboxylic acids is 1. The smallest absolute Gasteiger partial charge is 0.228 e. The van der Waals surface area contributed by atoms with Crippen molar-refractivity contribution in [3.63, 3.8) is 0 Å². The lowest BCUT2D eigenvalue weighted by atomic mass is 10.2. The molecule has 3 rings (SSSR count). The maximum absolute atomic E-state index is 12.4. The quantitative estimate of drug-likeness (QED) is 0.826. The number of hydrogen-bond acceptors (Lipinski definition) is 5. The number of hydrogen-bond donors (Lipinski definition) is 0. The third kappa shape index (κ3) is 3.30. The molecule has 0 fully saturated rings. The van der Waals surface area contributed by atoms with Gasteiger partial charge in [-0.15, -0.1) is 0 Å². The topological polar surface area (TPSA) is 57.2 Å². The van der Waals surface area contributed by atoms with Crippen molar-refractivity contribution in [3.8, 4) is 23.0 Å². The molecular formula is C18H18ClNO5. The Labute approximate surface area is 150 Å². The number of fused-ring (bicyclic) bond motifs is 1. The predicted molar refractivity (Wildman–Crippen MR) is 94.8 cm³/mol. The van der Waals surface area contributed by atoms with Crippen molar-refractivity contribution in [3.05, 3.63) is 35.4 Å². The number of nitrogens with zero attached hydrogens (tertiary/aromatic N) is 1. The number of benzene rings is 2. The van der Waals surface area contributed by atoms with Crippen LogP contribution in [0.2, 0.25) is 5.02 Å². The summed E-state index contributed by atoms with van der Waals surface area (Å²) >= 11 is 6.44. The van der Waals surface area contributed by atoms with Gasteiger partial charge in [0, 0.05) is 25.1 Å². The number of amides is 1. The van der Waals surface area contributed by atoms with E-state index < -0.39 is 0 Å². The second-order valence-electron chi connectivity index (χ2n) is 5.35. The van der Waals surface area contributed by atoms with Crippen LogP contribution in [0.1, 0.15) is 6.92 Å². The fourth-order valence-electron chi connectivity index (χ4n) is 2.65. The van der Waals surface area contributed by atoms with Crippen molar-refractivity contribution in [2.75, 3.05) is 32.3 Å². The first-order valence-electron chi connectivity index (χ1n) is 7.67. The fourth-order valence-corrected chi connectivity index (χ4v) is 2.92. The van der Waals surface area contributed by atoms with E-state index in [0.29, 0.717) is 52.6 Å². The Hall–Kier alpha value is -2.60. The lowest BCUT2D eigenvalue weighted by molar-refractivity contribution is -0.115. The Morgan fingerprint density at radius 1 is 1.08 bits per heavy atom. The van der Waals surface area contributed by atoms with Crippen LogP contribution in [0.15, 0.2) is 30.3 Å². The van der Waals surface area contributed by atoms with Crippen molar-refractivity contribution >= 4 is 28.9 Å². The Balaban J connectivity index is 2.13. The van der Waals surface area contributed by atoms with Crippen molar-refractivity contribution in [1.29, 1.82) is 0 Å². The lowest BCUT2D eigenvalue weighted by Gasteiger charge is -2.26. The summed E-state index contributed by atoms with van der Waals surface area (Å²) in [7, 11) is 3.04. The molecule has 25 heavy (non-hydrogen) atoms. The summed E-state index contributed by atoms with van der Waals surface area (Å²) in [6.07, 6.45) is 0. The molecule has 0 spiro atoms. The summed E-state index contributed by atoms with van der Waals surface area (Å²) in [5.41, 5.74) is 1.07. The van der Waals surface area contributed by atoms with Gasteiger partial charge in [-0.3, -0.25) is 9.69 Å². The Kier molecular flexibility index (Phi) is 4.90. The highest BCUT2D eigenvalue weighted by Crippen LogP contribution is 2.43. The largest absolute Gasteiger partial charge is 0.497 e. The zero-order valence-corrected chi connectivity index (χ0v) is 14.9. The van der Waals surface area contributed by atoms with Crippen LogP contribution in [0.25, 0.3) is 0 Å². The molecule has 2 aromatic rings. The number of rotatable bonds is 4. The molecule has 0 aliphatic carbocycles. The highest BCUT2D eigenvalue weighted by Gasteiger charge is 2.23. The molecule has 6 nitrogen and oxygen atoms in total. The fraction of sp³-hybridized carbons (Fsp3) is 0.278. The molecule has 1 aliphatic heterocycles. The van der Waals surface area contributed by atoms with E-state index >= 15 is 0 Å². The van der Waals surface area contributed by atoms with Crippen LogP contribution < -0.4 is 23.8 Å². The molecule has 0 aromatic heterocycles. The standard InChI is InChI=1S/C18H18ClNO5/c1-11(21)20(12-4-5-15-16(8-12)25-7-6-24-15)14-9-13(22-2)10-17(23-3)18(14)19/h4-5,8-10H,6-7H2,1-3H3. The van der Waals surface area contributed by atoms with Crippen LogP contribution in [0.3, 0.4) is 0 Å². The minimum atomic E-state index is -0.214. The molecule has 0 unspecified atom stereocenters. The van der Waals surface area contributed by atoms with Gasteiger partial charge in [0.15, 0.2) is 11.5 Å². The summed E-state index contributed by atoms with van der Waals surface area (Å²) in [5, 5.41) is 0.313. The molecule has 1 amide bonds. The van der Waals surface area contributed by atoms with Crippen molar-refractivity contribution in [2.24, 2.45) is 0 Å². The van der Waals surface area contributed by atoms with Crippen LogP contribution >= 0.6 is 11.6 Å². The van der Waals surface area contributed by atoms with Gasteiger partial charge in [-0.1, -0.05) is 11.6 Å². The van der Waals surface area contributed by atoms with Gasteiger partial charge in [0.05, 0.1) is 25.6 Å². The number of carbonyl (C=O) groups is 1. The number of methoxy groups -OCH3 is 2. The van der Waals surface area contributed by atoms with Crippen LogP contribution in [-0.2, 0) is 4.79 Å². The number of halogens is 1. The Morgan fingerprint density at radius 2 is 1.80 bits per heavy atom. The molecular weight excluding hydrogens is 346 g/mol. The first-order valence-corrected chi connectivity index (χ1v) is 8.04. The van der Waals surface area contributed by atoms with Gasteiger partial charge in [-0.25, -0.2) is 0 Å². The van der Waals surface area contributed by atoms with Gasteiger partial charge in [0.2, 0.25) is 5.91 Å². The van der Waals surface area contributed by atoms with Gasteiger partial charge in [0.1, 0.15) is 29.7 Å². The van der Waals surface area contributed by atoms with E-state index in [2.05, 4.69) is 0 Å². The van der Waals surface area contributed by atoms with E-state index in [9.17, 15) is 4.79 Å². The third-order valence-electron chi connectivity index (χ3n) is 3.79. The van der Waals surface area contributed by atoms with E-state index in [4.69, 9.17) is 30.5 Å². The summed E-state index contributed by atoms with van der Waals surface area (Å²) in [6, 6.07) is 8.64. The van der Waals surface area contributed by atoms with Crippen molar-refractivity contribution < 1.29 is 23.7 Å². The van der Waals surface area contributed by atoms with Crippen LogP contribution in [0, 0.1) is 0 Å². The average molecular weight is 364 g/mol. The van der Waals surface area contributed by atoms with E-state index in [0.717, 1.165) is 0 Å². The molecule has 0 radical (unpaired) electrons. The monoisotopic (exact) mass is 363 g/mol. The summed E-state index contributed by atoms with van der Waals surface area (Å²) in [5.74, 6) is 1.96. The van der Waals surface area contributed by atoms with Crippen molar-refractivity contribution in [2.45, 2.75) is 6.92 Å². The number of anilines is 2. The van der Waals surface area contributed by atoms with Gasteiger partial charge in [-0.05, 0) is 12.1 Å². The second-order valence-corrected chi connectivity index (χ2v) is 5.72. The lowest BCUT2D eigenvalue weighted by Crippen LogP contribution is -2.24. The molecule has 0 atom stereocenters. The van der Waals surface area contributed by atoms with Gasteiger partial charge in [0.25, 0.3) is 0 Å². The first-order chi connectivity index (χ1) is 12.0. The molecule has 0 saturated heterocycles. The van der Waals surface area contributed by atoms with Gasteiger partial charge in [-0.2, -0.15) is 0 Å². The van der Waals surface area contributed by atoms with E-state index in [-0.39, 0.29) is 5.91 Å². The van der Waals surface area contributed by atoms with Crippen molar-refractivity contribution in [1.82, 2.24) is 0 Å². The van der Waals surface area contributed by atoms with Crippen LogP contribution in [0.5, 0.6) is 23.0 Å². The maximum atomic E-state index is 12.4. The molecule has 1 aliphatic rings. The van der Waals surface area contributed by atoms with E-state index in [1.807, 2.05) is 0 Å². The van der Waals surface area contributed by atoms with Gasteiger partial charge < -0.3 is 18.9 Å². The third-order valence-corrected chi connectivity index (χ3v) is 4.17. The summed E-state index contributed by atoms with van der Waals surface area (Å²) in [6.45, 7) is 2.42. The minimum absolute atomic E-state index is 0.214. The Morgan fingerprint density at radius 3 is 2.44 bits per heavy atom. The zero-order valence-electron chi connectivity index (χ0n) is 14.2.